The third kappa shape index (κ3) is 3.48. The van der Waals surface area contributed by atoms with Gasteiger partial charge in [-0.15, -0.1) is 0 Å². The van der Waals surface area contributed by atoms with Crippen LogP contribution in [0.5, 0.6) is 0 Å². The van der Waals surface area contributed by atoms with Crippen molar-refractivity contribution in [1.82, 2.24) is 14.9 Å². The highest BCUT2D eigenvalue weighted by Gasteiger charge is 2.44. The van der Waals surface area contributed by atoms with Gasteiger partial charge in [-0.1, -0.05) is 12.1 Å². The van der Waals surface area contributed by atoms with E-state index in [9.17, 15) is 0 Å². The van der Waals surface area contributed by atoms with Crippen LogP contribution in [0.4, 0.5) is 0 Å². The van der Waals surface area contributed by atoms with Crippen LogP contribution in [0, 0.1) is 0 Å². The Morgan fingerprint density at radius 2 is 1.88 bits per heavy atom. The highest BCUT2D eigenvalue weighted by atomic mass is 16.5. The van der Waals surface area contributed by atoms with Crippen LogP contribution in [0.25, 0.3) is 0 Å². The average Bonchev–Trinajstić information content (AvgIpc) is 3.00. The summed E-state index contributed by atoms with van der Waals surface area (Å²) in [4.78, 5) is 11.3. The molecule has 0 bridgehead atoms. The minimum atomic E-state index is 0.0982. The largest absolute Gasteiger partial charge is 0.374 e. The predicted molar refractivity (Wildman–Crippen MR) is 90.2 cm³/mol. The maximum absolute atomic E-state index is 6.18. The quantitative estimate of drug-likeness (QED) is 0.845. The van der Waals surface area contributed by atoms with Crippen molar-refractivity contribution in [3.8, 4) is 0 Å². The van der Waals surface area contributed by atoms with Crippen molar-refractivity contribution in [3.05, 3.63) is 60.2 Å². The highest BCUT2D eigenvalue weighted by Crippen LogP contribution is 2.31. The Kier molecular flexibility index (Phi) is 4.83. The van der Waals surface area contributed by atoms with E-state index in [-0.39, 0.29) is 12.2 Å². The molecule has 5 heteroatoms. The van der Waals surface area contributed by atoms with E-state index in [1.54, 1.807) is 6.20 Å². The molecule has 126 valence electrons. The summed E-state index contributed by atoms with van der Waals surface area (Å²) in [6.07, 6.45) is 6.20. The summed E-state index contributed by atoms with van der Waals surface area (Å²) in [6.45, 7) is 3.12. The first kappa shape index (κ1) is 15.7. The van der Waals surface area contributed by atoms with Crippen LogP contribution in [0.2, 0.25) is 0 Å². The van der Waals surface area contributed by atoms with Gasteiger partial charge in [0.1, 0.15) is 6.10 Å². The SMILES string of the molecule is c1ccc(CO[C@@H]2CN(Cc3ccccn3)[C@H]3CCCO[C@@H]23)nc1. The lowest BCUT2D eigenvalue weighted by atomic mass is 10.0. The maximum Gasteiger partial charge on any atom is 0.100 e. The number of hydrogen-bond acceptors (Lipinski definition) is 5. The Morgan fingerprint density at radius 1 is 1.08 bits per heavy atom. The molecule has 3 atom stereocenters. The fourth-order valence-electron chi connectivity index (χ4n) is 3.71. The molecule has 0 aromatic carbocycles. The summed E-state index contributed by atoms with van der Waals surface area (Å²) in [5.74, 6) is 0. The average molecular weight is 325 g/mol. The third-order valence-electron chi connectivity index (χ3n) is 4.85. The molecule has 0 spiro atoms. The lowest BCUT2D eigenvalue weighted by Crippen LogP contribution is -2.41. The molecule has 2 aliphatic rings. The van der Waals surface area contributed by atoms with E-state index in [0.29, 0.717) is 12.6 Å². The fraction of sp³-hybridized carbons (Fsp3) is 0.474. The van der Waals surface area contributed by atoms with E-state index in [0.717, 1.165) is 37.5 Å². The van der Waals surface area contributed by atoms with E-state index in [1.165, 1.54) is 6.42 Å². The number of rotatable bonds is 5. The maximum atomic E-state index is 6.18. The lowest BCUT2D eigenvalue weighted by Gasteiger charge is -2.32. The van der Waals surface area contributed by atoms with Gasteiger partial charge in [0.2, 0.25) is 0 Å². The third-order valence-corrected chi connectivity index (χ3v) is 4.85. The molecule has 0 unspecified atom stereocenters. The van der Waals surface area contributed by atoms with Gasteiger partial charge in [0.05, 0.1) is 24.1 Å². The van der Waals surface area contributed by atoms with E-state index >= 15 is 0 Å². The highest BCUT2D eigenvalue weighted by molar-refractivity contribution is 5.07. The Labute approximate surface area is 142 Å². The van der Waals surface area contributed by atoms with Gasteiger partial charge in [0, 0.05) is 38.1 Å². The van der Waals surface area contributed by atoms with E-state index in [1.807, 2.05) is 36.5 Å². The molecule has 2 aromatic heterocycles. The van der Waals surface area contributed by atoms with Gasteiger partial charge in [-0.05, 0) is 37.1 Å². The molecule has 5 nitrogen and oxygen atoms in total. The zero-order valence-electron chi connectivity index (χ0n) is 13.8. The molecule has 4 heterocycles. The Morgan fingerprint density at radius 3 is 2.62 bits per heavy atom. The van der Waals surface area contributed by atoms with Crippen LogP contribution >= 0.6 is 0 Å². The molecule has 2 saturated heterocycles. The van der Waals surface area contributed by atoms with Crippen LogP contribution in [0.3, 0.4) is 0 Å². The van der Waals surface area contributed by atoms with Gasteiger partial charge in [-0.3, -0.25) is 14.9 Å². The molecule has 0 radical (unpaired) electrons. The molecule has 2 aliphatic heterocycles. The number of aromatic nitrogens is 2. The number of nitrogens with zero attached hydrogens (tertiary/aromatic N) is 3. The molecular weight excluding hydrogens is 302 g/mol. The van der Waals surface area contributed by atoms with Crippen molar-refractivity contribution >= 4 is 0 Å². The summed E-state index contributed by atoms with van der Waals surface area (Å²) in [5, 5.41) is 0. The molecule has 24 heavy (non-hydrogen) atoms. The van der Waals surface area contributed by atoms with Gasteiger partial charge in [-0.2, -0.15) is 0 Å². The van der Waals surface area contributed by atoms with Gasteiger partial charge >= 0.3 is 0 Å². The number of pyridine rings is 2. The smallest absolute Gasteiger partial charge is 0.100 e. The molecular formula is C19H23N3O2. The molecule has 0 aliphatic carbocycles. The topological polar surface area (TPSA) is 47.5 Å². The van der Waals surface area contributed by atoms with Crippen molar-refractivity contribution in [2.24, 2.45) is 0 Å². The lowest BCUT2D eigenvalue weighted by molar-refractivity contribution is -0.0824. The molecule has 2 fully saturated rings. The summed E-state index contributed by atoms with van der Waals surface area (Å²) in [5.41, 5.74) is 2.07. The minimum Gasteiger partial charge on any atom is -0.374 e. The molecule has 0 amide bonds. The van der Waals surface area contributed by atoms with Crippen molar-refractivity contribution in [3.63, 3.8) is 0 Å². The van der Waals surface area contributed by atoms with Gasteiger partial charge in [0.15, 0.2) is 0 Å². The van der Waals surface area contributed by atoms with Crippen LogP contribution in [0.1, 0.15) is 24.2 Å². The van der Waals surface area contributed by atoms with E-state index < -0.39 is 0 Å². The number of hydrogen-bond donors (Lipinski definition) is 0. The predicted octanol–water partition coefficient (Wildman–Crippen LogP) is 2.43. The summed E-state index contributed by atoms with van der Waals surface area (Å²) in [6, 6.07) is 12.4. The summed E-state index contributed by atoms with van der Waals surface area (Å²) >= 11 is 0. The molecule has 4 rings (SSSR count). The van der Waals surface area contributed by atoms with Gasteiger partial charge in [0.25, 0.3) is 0 Å². The van der Waals surface area contributed by atoms with Gasteiger partial charge in [-0.25, -0.2) is 0 Å². The van der Waals surface area contributed by atoms with Crippen LogP contribution in [0.15, 0.2) is 48.8 Å². The van der Waals surface area contributed by atoms with E-state index in [2.05, 4.69) is 20.9 Å². The van der Waals surface area contributed by atoms with Gasteiger partial charge < -0.3 is 9.47 Å². The van der Waals surface area contributed by atoms with Crippen molar-refractivity contribution in [2.75, 3.05) is 13.2 Å². The van der Waals surface area contributed by atoms with E-state index in [4.69, 9.17) is 9.47 Å². The first-order chi connectivity index (χ1) is 11.9. The van der Waals surface area contributed by atoms with Crippen LogP contribution < -0.4 is 0 Å². The van der Waals surface area contributed by atoms with Crippen molar-refractivity contribution in [1.29, 1.82) is 0 Å². The molecule has 0 saturated carbocycles. The first-order valence-electron chi connectivity index (χ1n) is 8.67. The van der Waals surface area contributed by atoms with Crippen molar-refractivity contribution in [2.45, 2.75) is 44.2 Å². The first-order valence-corrected chi connectivity index (χ1v) is 8.67. The molecule has 2 aromatic rings. The monoisotopic (exact) mass is 325 g/mol. The van der Waals surface area contributed by atoms with Crippen molar-refractivity contribution < 1.29 is 9.47 Å². The number of likely N-dealkylation sites (tertiary alicyclic amines) is 1. The second kappa shape index (κ2) is 7.38. The van der Waals surface area contributed by atoms with Crippen LogP contribution in [-0.4, -0.2) is 46.3 Å². The number of fused-ring (bicyclic) bond motifs is 1. The summed E-state index contributed by atoms with van der Waals surface area (Å²) in [7, 11) is 0. The second-order valence-corrected chi connectivity index (χ2v) is 6.47. The Hall–Kier alpha value is -1.82. The number of ether oxygens (including phenoxy) is 2. The van der Waals surface area contributed by atoms with Crippen LogP contribution in [-0.2, 0) is 22.6 Å². The zero-order chi connectivity index (χ0) is 16.2. The minimum absolute atomic E-state index is 0.0982. The summed E-state index contributed by atoms with van der Waals surface area (Å²) < 4.78 is 12.2. The Bertz CT molecular complexity index is 638. The Balaban J connectivity index is 1.43. The normalized spacial score (nSPS) is 27.1. The zero-order valence-corrected chi connectivity index (χ0v) is 13.8. The molecule has 0 N–H and O–H groups in total. The second-order valence-electron chi connectivity index (χ2n) is 6.47. The standard InChI is InChI=1S/C19H23N3O2/c1-3-9-20-15(6-1)12-22-13-18(19-17(22)8-5-11-23-19)24-14-16-7-2-4-10-21-16/h1-4,6-7,9-10,17-19H,5,8,11-14H2/t17-,18+,19+/m0/s1. The fourth-order valence-corrected chi connectivity index (χ4v) is 3.71.